The number of benzene rings is 1. The zero-order chi connectivity index (χ0) is 16.8. The van der Waals surface area contributed by atoms with Gasteiger partial charge < -0.3 is 10.2 Å². The number of anilines is 2. The molecule has 2 rings (SSSR count). The Labute approximate surface area is 135 Å². The number of rotatable bonds is 5. The van der Waals surface area contributed by atoms with Gasteiger partial charge in [0.05, 0.1) is 11.6 Å². The van der Waals surface area contributed by atoms with E-state index in [1.54, 1.807) is 42.2 Å². The first-order chi connectivity index (χ1) is 11.1. The molecular weight excluding hydrogens is 290 g/mol. The van der Waals surface area contributed by atoms with Gasteiger partial charge in [-0.05, 0) is 45.0 Å². The number of carbonyl (C=O) groups is 1. The van der Waals surface area contributed by atoms with Gasteiger partial charge in [-0.25, -0.2) is 9.97 Å². The predicted molar refractivity (Wildman–Crippen MR) is 88.5 cm³/mol. The summed E-state index contributed by atoms with van der Waals surface area (Å²) in [6.45, 7) is 6.90. The van der Waals surface area contributed by atoms with Crippen LogP contribution in [0.1, 0.15) is 35.7 Å². The molecule has 23 heavy (non-hydrogen) atoms. The molecule has 0 bridgehead atoms. The summed E-state index contributed by atoms with van der Waals surface area (Å²) in [6.07, 6.45) is 0. The van der Waals surface area contributed by atoms with Gasteiger partial charge in [0.15, 0.2) is 0 Å². The Bertz CT molecular complexity index is 730. The van der Waals surface area contributed by atoms with Gasteiger partial charge in [-0.2, -0.15) is 5.26 Å². The van der Waals surface area contributed by atoms with Crippen molar-refractivity contribution in [1.29, 1.82) is 5.26 Å². The third-order valence-corrected chi connectivity index (χ3v) is 3.39. The molecule has 1 N–H and O–H groups in total. The molecule has 1 heterocycles. The van der Waals surface area contributed by atoms with E-state index in [1.165, 1.54) is 0 Å². The van der Waals surface area contributed by atoms with E-state index >= 15 is 0 Å². The van der Waals surface area contributed by atoms with Crippen molar-refractivity contribution in [3.05, 3.63) is 47.4 Å². The van der Waals surface area contributed by atoms with E-state index in [0.29, 0.717) is 36.0 Å². The maximum absolute atomic E-state index is 12.4. The van der Waals surface area contributed by atoms with E-state index < -0.39 is 0 Å². The van der Waals surface area contributed by atoms with Crippen molar-refractivity contribution in [3.63, 3.8) is 0 Å². The number of aromatic nitrogens is 2. The van der Waals surface area contributed by atoms with E-state index in [0.717, 1.165) is 5.69 Å². The van der Waals surface area contributed by atoms with Crippen molar-refractivity contribution in [2.75, 3.05) is 18.4 Å². The van der Waals surface area contributed by atoms with Crippen molar-refractivity contribution in [3.8, 4) is 6.07 Å². The molecule has 0 fully saturated rings. The van der Waals surface area contributed by atoms with Crippen LogP contribution < -0.4 is 5.32 Å². The lowest BCUT2D eigenvalue weighted by Gasteiger charge is -2.18. The minimum Gasteiger partial charge on any atom is -0.340 e. The summed E-state index contributed by atoms with van der Waals surface area (Å²) in [4.78, 5) is 22.7. The van der Waals surface area contributed by atoms with E-state index in [9.17, 15) is 4.79 Å². The first kappa shape index (κ1) is 16.4. The number of nitrogens with zero attached hydrogens (tertiary/aromatic N) is 4. The average Bonchev–Trinajstić information content (AvgIpc) is 2.56. The van der Waals surface area contributed by atoms with Gasteiger partial charge in [-0.1, -0.05) is 0 Å². The molecule has 0 aliphatic rings. The van der Waals surface area contributed by atoms with Gasteiger partial charge >= 0.3 is 0 Å². The maximum Gasteiger partial charge on any atom is 0.272 e. The molecular formula is C17H19N5O. The summed E-state index contributed by atoms with van der Waals surface area (Å²) in [6, 6.07) is 10.7. The molecule has 6 heteroatoms. The number of hydrogen-bond donors (Lipinski definition) is 1. The van der Waals surface area contributed by atoms with Crippen molar-refractivity contribution in [2.24, 2.45) is 0 Å². The van der Waals surface area contributed by atoms with Crippen LogP contribution in [-0.4, -0.2) is 33.9 Å². The van der Waals surface area contributed by atoms with Crippen LogP contribution in [0.25, 0.3) is 0 Å². The Hall–Kier alpha value is -2.94. The summed E-state index contributed by atoms with van der Waals surface area (Å²) >= 11 is 0. The zero-order valence-electron chi connectivity index (χ0n) is 13.5. The van der Waals surface area contributed by atoms with Crippen LogP contribution >= 0.6 is 0 Å². The Morgan fingerprint density at radius 2 is 1.87 bits per heavy atom. The molecule has 2 aromatic rings. The highest BCUT2D eigenvalue weighted by molar-refractivity contribution is 5.93. The SMILES string of the molecule is CCN(CC)C(=O)c1cc(Nc2ccc(C#N)cc2)nc(C)n1. The van der Waals surface area contributed by atoms with Crippen LogP contribution in [0.15, 0.2) is 30.3 Å². The number of nitriles is 1. The van der Waals surface area contributed by atoms with Crippen molar-refractivity contribution in [2.45, 2.75) is 20.8 Å². The lowest BCUT2D eigenvalue weighted by molar-refractivity contribution is 0.0766. The van der Waals surface area contributed by atoms with Gasteiger partial charge in [0.2, 0.25) is 0 Å². The minimum atomic E-state index is -0.108. The predicted octanol–water partition coefficient (Wildman–Crippen LogP) is 2.88. The Morgan fingerprint density at radius 1 is 1.22 bits per heavy atom. The fourth-order valence-electron chi connectivity index (χ4n) is 2.19. The molecule has 118 valence electrons. The summed E-state index contributed by atoms with van der Waals surface area (Å²) in [7, 11) is 0. The molecule has 0 aliphatic carbocycles. The van der Waals surface area contributed by atoms with Crippen molar-refractivity contribution >= 4 is 17.4 Å². The van der Waals surface area contributed by atoms with Crippen molar-refractivity contribution in [1.82, 2.24) is 14.9 Å². The van der Waals surface area contributed by atoms with Gasteiger partial charge in [0.1, 0.15) is 17.3 Å². The fourth-order valence-corrected chi connectivity index (χ4v) is 2.19. The number of hydrogen-bond acceptors (Lipinski definition) is 5. The second-order valence-electron chi connectivity index (χ2n) is 4.98. The van der Waals surface area contributed by atoms with Crippen LogP contribution in [0, 0.1) is 18.3 Å². The Kier molecular flexibility index (Phi) is 5.26. The summed E-state index contributed by atoms with van der Waals surface area (Å²) < 4.78 is 0. The van der Waals surface area contributed by atoms with Crippen molar-refractivity contribution < 1.29 is 4.79 Å². The van der Waals surface area contributed by atoms with Crippen LogP contribution in [0.2, 0.25) is 0 Å². The molecule has 0 aliphatic heterocycles. The molecule has 0 unspecified atom stereocenters. The van der Waals surface area contributed by atoms with E-state index in [2.05, 4.69) is 21.4 Å². The average molecular weight is 309 g/mol. The molecule has 0 spiro atoms. The zero-order valence-corrected chi connectivity index (χ0v) is 13.5. The quantitative estimate of drug-likeness (QED) is 0.918. The highest BCUT2D eigenvalue weighted by Gasteiger charge is 2.15. The molecule has 1 aromatic carbocycles. The van der Waals surface area contributed by atoms with E-state index in [4.69, 9.17) is 5.26 Å². The van der Waals surface area contributed by atoms with E-state index in [-0.39, 0.29) is 5.91 Å². The summed E-state index contributed by atoms with van der Waals surface area (Å²) in [5.74, 6) is 0.972. The summed E-state index contributed by atoms with van der Waals surface area (Å²) in [5.41, 5.74) is 1.76. The Balaban J connectivity index is 2.26. The molecule has 0 radical (unpaired) electrons. The number of amides is 1. The topological polar surface area (TPSA) is 81.9 Å². The smallest absolute Gasteiger partial charge is 0.272 e. The maximum atomic E-state index is 12.4. The number of carbonyl (C=O) groups excluding carboxylic acids is 1. The lowest BCUT2D eigenvalue weighted by Crippen LogP contribution is -2.31. The first-order valence-corrected chi connectivity index (χ1v) is 7.49. The van der Waals surface area contributed by atoms with Gasteiger partial charge in [0, 0.05) is 24.8 Å². The third kappa shape index (κ3) is 4.04. The molecule has 6 nitrogen and oxygen atoms in total. The lowest BCUT2D eigenvalue weighted by atomic mass is 10.2. The third-order valence-electron chi connectivity index (χ3n) is 3.39. The monoisotopic (exact) mass is 309 g/mol. The highest BCUT2D eigenvalue weighted by atomic mass is 16.2. The van der Waals surface area contributed by atoms with Gasteiger partial charge in [-0.15, -0.1) is 0 Å². The van der Waals surface area contributed by atoms with Gasteiger partial charge in [-0.3, -0.25) is 4.79 Å². The number of aryl methyl sites for hydroxylation is 1. The molecule has 1 aromatic heterocycles. The molecule has 0 saturated carbocycles. The first-order valence-electron chi connectivity index (χ1n) is 7.49. The largest absolute Gasteiger partial charge is 0.340 e. The van der Waals surface area contributed by atoms with E-state index in [1.807, 2.05) is 13.8 Å². The van der Waals surface area contributed by atoms with Crippen LogP contribution in [-0.2, 0) is 0 Å². The van der Waals surface area contributed by atoms with Gasteiger partial charge in [0.25, 0.3) is 5.91 Å². The highest BCUT2D eigenvalue weighted by Crippen LogP contribution is 2.17. The van der Waals surface area contributed by atoms with Crippen LogP contribution in [0.3, 0.4) is 0 Å². The standard InChI is InChI=1S/C17H19N5O/c1-4-22(5-2)17(23)15-10-16(20-12(3)19-15)21-14-8-6-13(11-18)7-9-14/h6-10H,4-5H2,1-3H3,(H,19,20,21). The molecule has 0 saturated heterocycles. The Morgan fingerprint density at radius 3 is 2.43 bits per heavy atom. The molecule has 0 atom stereocenters. The number of nitrogens with one attached hydrogen (secondary N) is 1. The fraction of sp³-hybridized carbons (Fsp3) is 0.294. The second-order valence-corrected chi connectivity index (χ2v) is 4.98. The normalized spacial score (nSPS) is 10.0. The van der Waals surface area contributed by atoms with Crippen LogP contribution in [0.4, 0.5) is 11.5 Å². The minimum absolute atomic E-state index is 0.108. The second kappa shape index (κ2) is 7.36. The summed E-state index contributed by atoms with van der Waals surface area (Å²) in [5, 5.41) is 12.0. The van der Waals surface area contributed by atoms with Crippen LogP contribution in [0.5, 0.6) is 0 Å². The molecule has 1 amide bonds.